The van der Waals surface area contributed by atoms with Gasteiger partial charge in [0.15, 0.2) is 0 Å². The molecule has 2 aromatic rings. The first-order valence-electron chi connectivity index (χ1n) is 8.00. The minimum absolute atomic E-state index is 0. The summed E-state index contributed by atoms with van der Waals surface area (Å²) in [6.07, 6.45) is 5.52. The molecule has 24 heavy (non-hydrogen) atoms. The number of hydrogen-bond acceptors (Lipinski definition) is 2. The monoisotopic (exact) mass is 366 g/mol. The van der Waals surface area contributed by atoms with Crippen molar-refractivity contribution >= 4 is 80.0 Å². The molecule has 0 aromatic heterocycles. The first-order chi connectivity index (χ1) is 10.5. The standard InChI is InChI=1S/C18H24O3S.2Na/c1-3-5-9-14-13-15-10-7-8-12-17(15)18(22(19,20)21)16(14)11-6-4-2;;/h7-8,10,12-13H,3-6,9,11H2,1-2H3,(H,19,20,21);;. The van der Waals surface area contributed by atoms with Gasteiger partial charge in [-0.05, 0) is 42.2 Å². The predicted octanol–water partition coefficient (Wildman–Crippen LogP) is 4.01. The smallest absolute Gasteiger partial charge is 0.282 e. The topological polar surface area (TPSA) is 54.4 Å². The fourth-order valence-electron chi connectivity index (χ4n) is 2.93. The average molecular weight is 366 g/mol. The summed E-state index contributed by atoms with van der Waals surface area (Å²) in [5.41, 5.74) is 1.86. The van der Waals surface area contributed by atoms with Crippen LogP contribution < -0.4 is 0 Å². The number of unbranched alkanes of at least 4 members (excludes halogenated alkanes) is 2. The van der Waals surface area contributed by atoms with Gasteiger partial charge in [0.05, 0.1) is 0 Å². The zero-order valence-electron chi connectivity index (χ0n) is 15.3. The van der Waals surface area contributed by atoms with Crippen LogP contribution >= 0.6 is 0 Å². The van der Waals surface area contributed by atoms with Gasteiger partial charge in [-0.3, -0.25) is 4.55 Å². The van der Waals surface area contributed by atoms with Crippen LogP contribution in [0.2, 0.25) is 0 Å². The molecule has 0 fully saturated rings. The first kappa shape index (κ1) is 24.6. The maximum absolute atomic E-state index is 12.0. The fraction of sp³-hybridized carbons (Fsp3) is 0.444. The first-order valence-corrected chi connectivity index (χ1v) is 9.44. The maximum atomic E-state index is 12.0. The van der Waals surface area contributed by atoms with Crippen LogP contribution in [0.1, 0.15) is 50.7 Å². The molecule has 0 aliphatic carbocycles. The Bertz CT molecular complexity index is 758. The third-order valence-corrected chi connectivity index (χ3v) is 5.02. The van der Waals surface area contributed by atoms with Gasteiger partial charge in [-0.15, -0.1) is 0 Å². The van der Waals surface area contributed by atoms with Crippen LogP contribution in [0.25, 0.3) is 10.8 Å². The Morgan fingerprint density at radius 3 is 2.12 bits per heavy atom. The zero-order chi connectivity index (χ0) is 16.2. The molecule has 0 heterocycles. The second-order valence-corrected chi connectivity index (χ2v) is 7.11. The van der Waals surface area contributed by atoms with Crippen LogP contribution in [0.15, 0.2) is 35.2 Å². The van der Waals surface area contributed by atoms with E-state index < -0.39 is 10.1 Å². The number of aryl methyl sites for hydroxylation is 1. The largest absolute Gasteiger partial charge is 0.295 e. The Morgan fingerprint density at radius 2 is 1.54 bits per heavy atom. The molecule has 6 heteroatoms. The normalized spacial score (nSPS) is 11.0. The van der Waals surface area contributed by atoms with E-state index in [9.17, 15) is 13.0 Å². The Kier molecular flexibility index (Phi) is 11.6. The van der Waals surface area contributed by atoms with Crippen molar-refractivity contribution in [1.29, 1.82) is 0 Å². The van der Waals surface area contributed by atoms with Crippen molar-refractivity contribution in [3.63, 3.8) is 0 Å². The molecule has 122 valence electrons. The van der Waals surface area contributed by atoms with Crippen molar-refractivity contribution in [2.75, 3.05) is 0 Å². The van der Waals surface area contributed by atoms with Gasteiger partial charge >= 0.3 is 0 Å². The number of fused-ring (bicyclic) bond motifs is 1. The Labute approximate surface area is 189 Å². The molecular weight excluding hydrogens is 342 g/mol. The van der Waals surface area contributed by atoms with Gasteiger partial charge in [0.1, 0.15) is 4.90 Å². The SMILES string of the molecule is CCCCc1cc2ccccc2c(S(=O)(=O)O)c1CCCC.[Na].[Na]. The predicted molar refractivity (Wildman–Crippen MR) is 102 cm³/mol. The molecular formula is C18H24Na2O3S. The van der Waals surface area contributed by atoms with Gasteiger partial charge in [0.25, 0.3) is 10.1 Å². The van der Waals surface area contributed by atoms with Gasteiger partial charge < -0.3 is 0 Å². The van der Waals surface area contributed by atoms with Crippen molar-refractivity contribution in [2.24, 2.45) is 0 Å². The van der Waals surface area contributed by atoms with Gasteiger partial charge in [-0.2, -0.15) is 8.42 Å². The summed E-state index contributed by atoms with van der Waals surface area (Å²) in [7, 11) is -4.24. The van der Waals surface area contributed by atoms with Crippen LogP contribution in [0, 0.1) is 0 Å². The van der Waals surface area contributed by atoms with Gasteiger partial charge in [0.2, 0.25) is 0 Å². The number of hydrogen-bond donors (Lipinski definition) is 1. The minimum Gasteiger partial charge on any atom is -0.282 e. The van der Waals surface area contributed by atoms with E-state index in [2.05, 4.69) is 19.9 Å². The molecule has 1 N–H and O–H groups in total. The van der Waals surface area contributed by atoms with E-state index in [1.807, 2.05) is 18.2 Å². The summed E-state index contributed by atoms with van der Waals surface area (Å²) in [5.74, 6) is 0. The van der Waals surface area contributed by atoms with E-state index in [4.69, 9.17) is 0 Å². The molecule has 2 aromatic carbocycles. The molecule has 0 aliphatic rings. The Hall–Kier alpha value is 0.610. The van der Waals surface area contributed by atoms with Crippen molar-refractivity contribution in [3.8, 4) is 0 Å². The second-order valence-electron chi connectivity index (χ2n) is 5.75. The molecule has 0 bridgehead atoms. The van der Waals surface area contributed by atoms with E-state index in [0.29, 0.717) is 11.8 Å². The molecule has 2 rings (SSSR count). The number of rotatable bonds is 7. The maximum Gasteiger partial charge on any atom is 0.295 e. The third kappa shape index (κ3) is 6.10. The van der Waals surface area contributed by atoms with Crippen molar-refractivity contribution in [1.82, 2.24) is 0 Å². The van der Waals surface area contributed by atoms with Gasteiger partial charge in [-0.1, -0.05) is 57.0 Å². The molecule has 0 saturated heterocycles. The summed E-state index contributed by atoms with van der Waals surface area (Å²) >= 11 is 0. The minimum atomic E-state index is -4.24. The molecule has 0 amide bonds. The van der Waals surface area contributed by atoms with Crippen molar-refractivity contribution in [3.05, 3.63) is 41.5 Å². The van der Waals surface area contributed by atoms with E-state index in [1.165, 1.54) is 0 Å². The van der Waals surface area contributed by atoms with Crippen LogP contribution in [0.3, 0.4) is 0 Å². The Balaban J connectivity index is 0.00000264. The van der Waals surface area contributed by atoms with E-state index >= 15 is 0 Å². The van der Waals surface area contributed by atoms with Crippen LogP contribution in [0.4, 0.5) is 0 Å². The van der Waals surface area contributed by atoms with Crippen LogP contribution in [-0.2, 0) is 23.0 Å². The van der Waals surface area contributed by atoms with E-state index in [-0.39, 0.29) is 64.0 Å². The van der Waals surface area contributed by atoms with Crippen molar-refractivity contribution in [2.45, 2.75) is 57.3 Å². The fourth-order valence-corrected chi connectivity index (χ4v) is 3.93. The summed E-state index contributed by atoms with van der Waals surface area (Å²) in [4.78, 5) is 0.116. The molecule has 0 atom stereocenters. The average Bonchev–Trinajstić information content (AvgIpc) is 2.48. The second kappa shape index (κ2) is 11.3. The van der Waals surface area contributed by atoms with Crippen LogP contribution in [0.5, 0.6) is 0 Å². The quantitative estimate of drug-likeness (QED) is 0.595. The van der Waals surface area contributed by atoms with E-state index in [1.54, 1.807) is 6.07 Å². The third-order valence-electron chi connectivity index (χ3n) is 4.03. The van der Waals surface area contributed by atoms with Gasteiger partial charge in [0, 0.05) is 64.5 Å². The molecule has 0 unspecified atom stereocenters. The zero-order valence-corrected chi connectivity index (χ0v) is 20.1. The Morgan fingerprint density at radius 1 is 0.958 bits per heavy atom. The van der Waals surface area contributed by atoms with Crippen molar-refractivity contribution < 1.29 is 13.0 Å². The molecule has 0 aliphatic heterocycles. The summed E-state index contributed by atoms with van der Waals surface area (Å²) in [5, 5.41) is 1.50. The number of benzene rings is 2. The summed E-state index contributed by atoms with van der Waals surface area (Å²) in [6, 6.07) is 9.48. The van der Waals surface area contributed by atoms with Gasteiger partial charge in [-0.25, -0.2) is 0 Å². The van der Waals surface area contributed by atoms with Crippen LogP contribution in [-0.4, -0.2) is 72.1 Å². The van der Waals surface area contributed by atoms with E-state index in [0.717, 1.165) is 48.6 Å². The molecule has 0 saturated carbocycles. The molecule has 3 nitrogen and oxygen atoms in total. The molecule has 2 radical (unpaired) electrons. The summed E-state index contributed by atoms with van der Waals surface area (Å²) < 4.78 is 33.8. The summed E-state index contributed by atoms with van der Waals surface area (Å²) in [6.45, 7) is 4.20. The molecule has 0 spiro atoms.